The predicted octanol–water partition coefficient (Wildman–Crippen LogP) is 0.548. The molecule has 3 nitrogen and oxygen atoms in total. The SMILES string of the molecule is CC1OP1(=O)O. The second-order valence-corrected chi connectivity index (χ2v) is 3.34. The molecule has 1 aliphatic heterocycles. The molecule has 0 aliphatic carbocycles. The van der Waals surface area contributed by atoms with Crippen molar-refractivity contribution in [2.45, 2.75) is 12.8 Å². The van der Waals surface area contributed by atoms with Crippen molar-refractivity contribution in [2.75, 3.05) is 0 Å². The first-order chi connectivity index (χ1) is 2.63. The lowest BCUT2D eigenvalue weighted by Gasteiger charge is -1.65. The molecule has 1 N–H and O–H groups in total. The van der Waals surface area contributed by atoms with Gasteiger partial charge in [0.15, 0.2) is 5.85 Å². The summed E-state index contributed by atoms with van der Waals surface area (Å²) in [4.78, 5) is 8.23. The zero-order chi connectivity index (χ0) is 4.78. The average molecular weight is 108 g/mol. The highest BCUT2D eigenvalue weighted by Gasteiger charge is 2.47. The molecule has 0 aromatic heterocycles. The topological polar surface area (TPSA) is 49.8 Å². The van der Waals surface area contributed by atoms with Crippen LogP contribution in [0.2, 0.25) is 0 Å². The van der Waals surface area contributed by atoms with Crippen LogP contribution in [-0.4, -0.2) is 10.7 Å². The molecule has 2 unspecified atom stereocenters. The highest BCUT2D eigenvalue weighted by molar-refractivity contribution is 7.59. The zero-order valence-electron chi connectivity index (χ0n) is 3.29. The molecule has 1 rings (SSSR count). The first-order valence-corrected chi connectivity index (χ1v) is 3.28. The largest absolute Gasteiger partial charge is 0.357 e. The molecular weight excluding hydrogens is 103 g/mol. The van der Waals surface area contributed by atoms with E-state index in [9.17, 15) is 4.57 Å². The van der Waals surface area contributed by atoms with Gasteiger partial charge >= 0.3 is 7.60 Å². The lowest BCUT2D eigenvalue weighted by molar-refractivity contribution is 0.417. The van der Waals surface area contributed by atoms with Crippen LogP contribution < -0.4 is 0 Å². The molecule has 1 aliphatic rings. The van der Waals surface area contributed by atoms with E-state index in [0.29, 0.717) is 0 Å². The first kappa shape index (κ1) is 4.31. The van der Waals surface area contributed by atoms with E-state index >= 15 is 0 Å². The Morgan fingerprint density at radius 2 is 2.17 bits per heavy atom. The van der Waals surface area contributed by atoms with Crippen molar-refractivity contribution in [3.63, 3.8) is 0 Å². The normalized spacial score (nSPS) is 55.3. The van der Waals surface area contributed by atoms with Gasteiger partial charge in [-0.15, -0.1) is 0 Å². The summed E-state index contributed by atoms with van der Waals surface area (Å²) in [5.74, 6) is -0.391. The molecule has 0 spiro atoms. The van der Waals surface area contributed by atoms with Gasteiger partial charge in [-0.1, -0.05) is 0 Å². The van der Waals surface area contributed by atoms with E-state index in [-0.39, 0.29) is 0 Å². The zero-order valence-corrected chi connectivity index (χ0v) is 4.18. The van der Waals surface area contributed by atoms with E-state index in [0.717, 1.165) is 0 Å². The predicted molar refractivity (Wildman–Crippen MR) is 20.4 cm³/mol. The van der Waals surface area contributed by atoms with Crippen molar-refractivity contribution in [1.29, 1.82) is 0 Å². The first-order valence-electron chi connectivity index (χ1n) is 1.64. The molecule has 0 saturated carbocycles. The van der Waals surface area contributed by atoms with Crippen LogP contribution in [0.5, 0.6) is 0 Å². The third-order valence-electron chi connectivity index (χ3n) is 0.717. The molecule has 0 bridgehead atoms. The van der Waals surface area contributed by atoms with Crippen LogP contribution >= 0.6 is 7.60 Å². The Labute approximate surface area is 35.5 Å². The van der Waals surface area contributed by atoms with E-state index < -0.39 is 13.4 Å². The van der Waals surface area contributed by atoms with Gasteiger partial charge in [-0.05, 0) is 6.92 Å². The molecule has 36 valence electrons. The molecule has 2 atom stereocenters. The molecule has 1 heterocycles. The second kappa shape index (κ2) is 0.861. The van der Waals surface area contributed by atoms with Crippen molar-refractivity contribution < 1.29 is 14.0 Å². The van der Waals surface area contributed by atoms with Crippen molar-refractivity contribution >= 4 is 7.60 Å². The van der Waals surface area contributed by atoms with E-state index in [1.54, 1.807) is 6.92 Å². The van der Waals surface area contributed by atoms with Crippen molar-refractivity contribution in [2.24, 2.45) is 0 Å². The summed E-state index contributed by atoms with van der Waals surface area (Å²) in [6, 6.07) is 0. The fourth-order valence-corrected chi connectivity index (χ4v) is 0.816. The van der Waals surface area contributed by atoms with Crippen LogP contribution in [0.1, 0.15) is 6.92 Å². The van der Waals surface area contributed by atoms with E-state index in [1.807, 2.05) is 0 Å². The monoisotopic (exact) mass is 108 g/mol. The standard InChI is InChI=1S/C2H5O3P/c1-2-5-6(2,3)4/h2H,1H3,(H,3,4). The molecule has 6 heavy (non-hydrogen) atoms. The third kappa shape index (κ3) is 0.492. The lowest BCUT2D eigenvalue weighted by atomic mass is 10.9. The molecule has 0 radical (unpaired) electrons. The lowest BCUT2D eigenvalue weighted by Crippen LogP contribution is -1.60. The maximum Gasteiger partial charge on any atom is 0.357 e. The highest BCUT2D eigenvalue weighted by atomic mass is 31.2. The van der Waals surface area contributed by atoms with Crippen molar-refractivity contribution in [3.8, 4) is 0 Å². The van der Waals surface area contributed by atoms with Crippen LogP contribution in [-0.2, 0) is 9.09 Å². The minimum absolute atomic E-state index is 0.391. The Morgan fingerprint density at radius 1 is 2.00 bits per heavy atom. The summed E-state index contributed by atoms with van der Waals surface area (Å²) < 4.78 is 14.2. The van der Waals surface area contributed by atoms with E-state index in [2.05, 4.69) is 4.52 Å². The number of hydrogen-bond acceptors (Lipinski definition) is 2. The molecule has 0 amide bonds. The van der Waals surface area contributed by atoms with Gasteiger partial charge in [0.05, 0.1) is 0 Å². The maximum absolute atomic E-state index is 9.99. The van der Waals surface area contributed by atoms with Crippen molar-refractivity contribution in [3.05, 3.63) is 0 Å². The maximum atomic E-state index is 9.99. The molecule has 0 aromatic carbocycles. The van der Waals surface area contributed by atoms with E-state index in [1.165, 1.54) is 0 Å². The summed E-state index contributed by atoms with van der Waals surface area (Å²) in [7, 11) is -2.98. The Morgan fingerprint density at radius 3 is 2.17 bits per heavy atom. The van der Waals surface area contributed by atoms with Gasteiger partial charge in [0.1, 0.15) is 0 Å². The van der Waals surface area contributed by atoms with Crippen LogP contribution in [0.25, 0.3) is 0 Å². The molecule has 1 fully saturated rings. The van der Waals surface area contributed by atoms with Gasteiger partial charge in [0, 0.05) is 0 Å². The number of rotatable bonds is 0. The smallest absolute Gasteiger partial charge is 0.322 e. The Bertz CT molecular complexity index is 109. The highest BCUT2D eigenvalue weighted by Crippen LogP contribution is 2.65. The molecule has 1 saturated heterocycles. The van der Waals surface area contributed by atoms with Gasteiger partial charge in [-0.3, -0.25) is 9.09 Å². The fourth-order valence-electron chi connectivity index (χ4n) is 0.191. The molecular formula is C2H5O3P. The Balaban J connectivity index is 2.64. The van der Waals surface area contributed by atoms with Crippen LogP contribution in [0, 0.1) is 0 Å². The fraction of sp³-hybridized carbons (Fsp3) is 1.00. The summed E-state index contributed by atoms with van der Waals surface area (Å²) in [6.45, 7) is 1.57. The van der Waals surface area contributed by atoms with Gasteiger partial charge in [-0.25, -0.2) is 0 Å². The summed E-state index contributed by atoms with van der Waals surface area (Å²) in [6.07, 6.45) is 0. The van der Waals surface area contributed by atoms with E-state index in [4.69, 9.17) is 4.89 Å². The second-order valence-electron chi connectivity index (χ2n) is 1.27. The summed E-state index contributed by atoms with van der Waals surface area (Å²) >= 11 is 0. The quantitative estimate of drug-likeness (QED) is 0.364. The van der Waals surface area contributed by atoms with Gasteiger partial charge in [0.2, 0.25) is 0 Å². The number of hydrogen-bond donors (Lipinski definition) is 1. The van der Waals surface area contributed by atoms with Crippen LogP contribution in [0.4, 0.5) is 0 Å². The third-order valence-corrected chi connectivity index (χ3v) is 2.15. The minimum Gasteiger partial charge on any atom is -0.322 e. The summed E-state index contributed by atoms with van der Waals surface area (Å²) in [5, 5.41) is 0. The summed E-state index contributed by atoms with van der Waals surface area (Å²) in [5.41, 5.74) is 0. The Kier molecular flexibility index (Phi) is 0.619. The van der Waals surface area contributed by atoms with Gasteiger partial charge < -0.3 is 4.89 Å². The minimum atomic E-state index is -2.98. The molecule has 4 heteroatoms. The Hall–Kier alpha value is 0.150. The van der Waals surface area contributed by atoms with Gasteiger partial charge in [-0.2, -0.15) is 0 Å². The van der Waals surface area contributed by atoms with Crippen LogP contribution in [0.3, 0.4) is 0 Å². The average Bonchev–Trinajstić information content (AvgIpc) is 1.73. The van der Waals surface area contributed by atoms with Gasteiger partial charge in [0.25, 0.3) is 0 Å². The van der Waals surface area contributed by atoms with Crippen molar-refractivity contribution in [1.82, 2.24) is 0 Å². The molecule has 0 aromatic rings. The van der Waals surface area contributed by atoms with Crippen LogP contribution in [0.15, 0.2) is 0 Å².